The predicted octanol–water partition coefficient (Wildman–Crippen LogP) is 3.78. The summed E-state index contributed by atoms with van der Waals surface area (Å²) in [4.78, 5) is 22.5. The molecular formula is C14H10BrNO3. The Balaban J connectivity index is 2.24. The first-order valence-electron chi connectivity index (χ1n) is 5.59. The molecule has 0 heterocycles. The number of rotatable bonds is 4. The van der Waals surface area contributed by atoms with E-state index in [1.807, 2.05) is 0 Å². The topological polar surface area (TPSA) is 60.2 Å². The third kappa shape index (κ3) is 3.26. The van der Waals surface area contributed by atoms with Gasteiger partial charge in [0.15, 0.2) is 5.78 Å². The maximum atomic E-state index is 12.1. The fourth-order valence-corrected chi connectivity index (χ4v) is 2.01. The van der Waals surface area contributed by atoms with Crippen molar-refractivity contribution in [2.45, 2.75) is 6.42 Å². The van der Waals surface area contributed by atoms with Crippen LogP contribution in [0.3, 0.4) is 0 Å². The Morgan fingerprint density at radius 1 is 1.11 bits per heavy atom. The second kappa shape index (κ2) is 5.75. The molecule has 2 aromatic carbocycles. The minimum Gasteiger partial charge on any atom is -0.294 e. The fraction of sp³-hybridized carbons (Fsp3) is 0.0714. The molecule has 2 rings (SSSR count). The lowest BCUT2D eigenvalue weighted by atomic mass is 10.0. The molecule has 0 unspecified atom stereocenters. The molecule has 0 amide bonds. The van der Waals surface area contributed by atoms with Crippen LogP contribution in [-0.2, 0) is 6.42 Å². The van der Waals surface area contributed by atoms with Crippen molar-refractivity contribution in [3.05, 3.63) is 74.2 Å². The van der Waals surface area contributed by atoms with Gasteiger partial charge in [-0.2, -0.15) is 0 Å². The molecule has 0 spiro atoms. The number of nitro groups is 1. The van der Waals surface area contributed by atoms with E-state index in [9.17, 15) is 14.9 Å². The van der Waals surface area contributed by atoms with Crippen molar-refractivity contribution in [1.29, 1.82) is 0 Å². The van der Waals surface area contributed by atoms with Gasteiger partial charge < -0.3 is 0 Å². The number of hydrogen-bond donors (Lipinski definition) is 0. The molecule has 0 fully saturated rings. The zero-order valence-electron chi connectivity index (χ0n) is 9.88. The first-order chi connectivity index (χ1) is 9.08. The SMILES string of the molecule is O=C(Cc1ccccc1[N+](=O)[O-])c1ccc(Br)cc1. The van der Waals surface area contributed by atoms with Gasteiger partial charge in [0.05, 0.1) is 4.92 Å². The van der Waals surface area contributed by atoms with Gasteiger partial charge in [-0.1, -0.05) is 46.3 Å². The van der Waals surface area contributed by atoms with E-state index in [0.29, 0.717) is 11.1 Å². The molecule has 0 bridgehead atoms. The number of nitrogens with zero attached hydrogens (tertiary/aromatic N) is 1. The number of halogens is 1. The molecule has 0 saturated heterocycles. The Kier molecular flexibility index (Phi) is 4.06. The number of carbonyl (C=O) groups excluding carboxylic acids is 1. The highest BCUT2D eigenvalue weighted by Crippen LogP contribution is 2.20. The van der Waals surface area contributed by atoms with Crippen molar-refractivity contribution in [3.63, 3.8) is 0 Å². The molecule has 0 saturated carbocycles. The minimum atomic E-state index is -0.468. The summed E-state index contributed by atoms with van der Waals surface area (Å²) in [6, 6.07) is 13.2. The highest BCUT2D eigenvalue weighted by Gasteiger charge is 2.16. The third-order valence-electron chi connectivity index (χ3n) is 2.71. The molecule has 0 aliphatic heterocycles. The molecular weight excluding hydrogens is 310 g/mol. The van der Waals surface area contributed by atoms with Crippen molar-refractivity contribution in [2.75, 3.05) is 0 Å². The average Bonchev–Trinajstić information content (AvgIpc) is 2.39. The lowest BCUT2D eigenvalue weighted by molar-refractivity contribution is -0.385. The summed E-state index contributed by atoms with van der Waals surface area (Å²) < 4.78 is 0.884. The van der Waals surface area contributed by atoms with E-state index in [4.69, 9.17) is 0 Å². The van der Waals surface area contributed by atoms with Crippen LogP contribution in [0, 0.1) is 10.1 Å². The number of benzene rings is 2. The van der Waals surface area contributed by atoms with E-state index < -0.39 is 4.92 Å². The average molecular weight is 320 g/mol. The van der Waals surface area contributed by atoms with E-state index in [-0.39, 0.29) is 17.9 Å². The fourth-order valence-electron chi connectivity index (χ4n) is 1.75. The van der Waals surface area contributed by atoms with Gasteiger partial charge in [0.2, 0.25) is 0 Å². The van der Waals surface area contributed by atoms with Crippen LogP contribution in [0.5, 0.6) is 0 Å². The zero-order chi connectivity index (χ0) is 13.8. The first kappa shape index (κ1) is 13.4. The molecule has 0 radical (unpaired) electrons. The van der Waals surface area contributed by atoms with Crippen LogP contribution in [0.4, 0.5) is 5.69 Å². The number of hydrogen-bond acceptors (Lipinski definition) is 3. The Morgan fingerprint density at radius 3 is 2.37 bits per heavy atom. The lowest BCUT2D eigenvalue weighted by Gasteiger charge is -2.03. The van der Waals surface area contributed by atoms with Gasteiger partial charge in [-0.15, -0.1) is 0 Å². The standard InChI is InChI=1S/C14H10BrNO3/c15-12-7-5-10(6-8-12)14(17)9-11-3-1-2-4-13(11)16(18)19/h1-8H,9H2. The molecule has 19 heavy (non-hydrogen) atoms. The van der Waals surface area contributed by atoms with Gasteiger partial charge in [0.25, 0.3) is 5.69 Å². The first-order valence-corrected chi connectivity index (χ1v) is 6.38. The number of Topliss-reactive ketones (excluding diaryl/α,β-unsaturated/α-hetero) is 1. The van der Waals surface area contributed by atoms with E-state index in [2.05, 4.69) is 15.9 Å². The number of carbonyl (C=O) groups is 1. The summed E-state index contributed by atoms with van der Waals surface area (Å²) in [5, 5.41) is 10.9. The van der Waals surface area contributed by atoms with Crippen LogP contribution in [0.25, 0.3) is 0 Å². The molecule has 0 aromatic heterocycles. The van der Waals surface area contributed by atoms with Crippen LogP contribution in [-0.4, -0.2) is 10.7 Å². The maximum Gasteiger partial charge on any atom is 0.273 e. The van der Waals surface area contributed by atoms with Gasteiger partial charge in [-0.25, -0.2) is 0 Å². The summed E-state index contributed by atoms with van der Waals surface area (Å²) in [6.45, 7) is 0. The van der Waals surface area contributed by atoms with Crippen LogP contribution in [0.1, 0.15) is 15.9 Å². The summed E-state index contributed by atoms with van der Waals surface area (Å²) in [5.41, 5.74) is 0.953. The van der Waals surface area contributed by atoms with Gasteiger partial charge in [0, 0.05) is 28.1 Å². The highest BCUT2D eigenvalue weighted by molar-refractivity contribution is 9.10. The van der Waals surface area contributed by atoms with Crippen molar-refractivity contribution >= 4 is 27.4 Å². The summed E-state index contributed by atoms with van der Waals surface area (Å²) in [5.74, 6) is -0.137. The number of para-hydroxylation sites is 1. The van der Waals surface area contributed by atoms with Gasteiger partial charge in [-0.05, 0) is 12.1 Å². The van der Waals surface area contributed by atoms with Gasteiger partial charge in [0.1, 0.15) is 0 Å². The summed E-state index contributed by atoms with van der Waals surface area (Å²) >= 11 is 3.29. The normalized spacial score (nSPS) is 10.2. The van der Waals surface area contributed by atoms with Crippen molar-refractivity contribution in [3.8, 4) is 0 Å². The zero-order valence-corrected chi connectivity index (χ0v) is 11.5. The maximum absolute atomic E-state index is 12.1. The number of ketones is 1. The second-order valence-corrected chi connectivity index (χ2v) is 4.91. The molecule has 0 atom stereocenters. The van der Waals surface area contributed by atoms with Crippen molar-refractivity contribution in [1.82, 2.24) is 0 Å². The Morgan fingerprint density at radius 2 is 1.74 bits per heavy atom. The lowest BCUT2D eigenvalue weighted by Crippen LogP contribution is -2.05. The molecule has 2 aromatic rings. The molecule has 0 aliphatic rings. The van der Waals surface area contributed by atoms with E-state index in [1.165, 1.54) is 6.07 Å². The van der Waals surface area contributed by atoms with Gasteiger partial charge in [-0.3, -0.25) is 14.9 Å². The van der Waals surface area contributed by atoms with Crippen molar-refractivity contribution < 1.29 is 9.72 Å². The van der Waals surface area contributed by atoms with E-state index >= 15 is 0 Å². The smallest absolute Gasteiger partial charge is 0.273 e. The third-order valence-corrected chi connectivity index (χ3v) is 3.23. The quantitative estimate of drug-likeness (QED) is 0.489. The van der Waals surface area contributed by atoms with E-state index in [1.54, 1.807) is 42.5 Å². The van der Waals surface area contributed by atoms with E-state index in [0.717, 1.165) is 4.47 Å². The molecule has 0 aliphatic carbocycles. The molecule has 4 nitrogen and oxygen atoms in total. The monoisotopic (exact) mass is 319 g/mol. The van der Waals surface area contributed by atoms with Crippen LogP contribution < -0.4 is 0 Å². The summed E-state index contributed by atoms with van der Waals surface area (Å²) in [6.07, 6.45) is 0.0266. The van der Waals surface area contributed by atoms with Crippen LogP contribution in [0.15, 0.2) is 53.0 Å². The van der Waals surface area contributed by atoms with Gasteiger partial charge >= 0.3 is 0 Å². The number of nitro benzene ring substituents is 1. The van der Waals surface area contributed by atoms with Crippen LogP contribution >= 0.6 is 15.9 Å². The largest absolute Gasteiger partial charge is 0.294 e. The minimum absolute atomic E-state index is 0.0204. The van der Waals surface area contributed by atoms with Crippen molar-refractivity contribution in [2.24, 2.45) is 0 Å². The Hall–Kier alpha value is -2.01. The Labute approximate surface area is 118 Å². The highest BCUT2D eigenvalue weighted by atomic mass is 79.9. The second-order valence-electron chi connectivity index (χ2n) is 3.99. The van der Waals surface area contributed by atoms with Crippen LogP contribution in [0.2, 0.25) is 0 Å². The molecule has 0 N–H and O–H groups in total. The predicted molar refractivity (Wildman–Crippen MR) is 75.3 cm³/mol. The molecule has 96 valence electrons. The summed E-state index contributed by atoms with van der Waals surface area (Å²) in [7, 11) is 0. The Bertz CT molecular complexity index is 623. The molecule has 5 heteroatoms.